The molecule has 0 aliphatic carbocycles. The van der Waals surface area contributed by atoms with Crippen molar-refractivity contribution in [2.45, 2.75) is 0 Å². The summed E-state index contributed by atoms with van der Waals surface area (Å²) in [5.41, 5.74) is 17.8. The fourth-order valence-corrected chi connectivity index (χ4v) is 1.35. The average Bonchev–Trinajstić information content (AvgIpc) is 2.69. The van der Waals surface area contributed by atoms with Gasteiger partial charge in [-0.3, -0.25) is 4.79 Å². The number of carbonyl (C=O) groups is 1. The normalized spacial score (nSPS) is 10.2. The maximum atomic E-state index is 11.0. The lowest BCUT2D eigenvalue weighted by molar-refractivity contribution is 0.100. The molecule has 1 aromatic heterocycles. The number of amides is 1. The number of hydrogen-bond acceptors (Lipinski definition) is 6. The predicted octanol–water partition coefficient (Wildman–Crippen LogP) is -1.07. The number of nitrogen functional groups attached to an aromatic ring is 2. The summed E-state index contributed by atoms with van der Waals surface area (Å²) >= 11 is 0. The largest absolute Gasteiger partial charge is 0.397 e. The molecule has 8 heteroatoms. The summed E-state index contributed by atoms with van der Waals surface area (Å²) in [5, 5.41) is 10.6. The Morgan fingerprint density at radius 2 is 1.88 bits per heavy atom. The second kappa shape index (κ2) is 3.50. The van der Waals surface area contributed by atoms with E-state index in [0.717, 1.165) is 0 Å². The lowest BCUT2D eigenvalue weighted by Gasteiger charge is -2.09. The van der Waals surface area contributed by atoms with Crippen LogP contribution in [0, 0.1) is 0 Å². The second-order valence-electron chi connectivity index (χ2n) is 3.12. The molecule has 8 nitrogen and oxygen atoms in total. The van der Waals surface area contributed by atoms with Gasteiger partial charge in [0, 0.05) is 5.56 Å². The molecule has 0 bridgehead atoms. The van der Waals surface area contributed by atoms with E-state index in [9.17, 15) is 4.79 Å². The minimum Gasteiger partial charge on any atom is -0.397 e. The van der Waals surface area contributed by atoms with Crippen molar-refractivity contribution < 1.29 is 4.79 Å². The molecule has 0 spiro atoms. The van der Waals surface area contributed by atoms with Gasteiger partial charge in [-0.1, -0.05) is 0 Å². The molecule has 1 aromatic carbocycles. The quantitative estimate of drug-likeness (QED) is 0.549. The minimum absolute atomic E-state index is 0.242. The molecule has 1 amide bonds. The smallest absolute Gasteiger partial charge is 0.248 e. The highest BCUT2D eigenvalue weighted by molar-refractivity contribution is 5.96. The first-order valence-corrected chi connectivity index (χ1v) is 4.31. The number of rotatable bonds is 2. The zero-order chi connectivity index (χ0) is 11.7. The summed E-state index contributed by atoms with van der Waals surface area (Å²) in [6.45, 7) is 0. The van der Waals surface area contributed by atoms with Crippen LogP contribution < -0.4 is 17.2 Å². The third kappa shape index (κ3) is 1.52. The number of aromatic nitrogens is 4. The Balaban J connectivity index is 2.61. The van der Waals surface area contributed by atoms with Crippen LogP contribution in [0.1, 0.15) is 10.4 Å². The zero-order valence-electron chi connectivity index (χ0n) is 8.16. The van der Waals surface area contributed by atoms with E-state index in [2.05, 4.69) is 15.5 Å². The molecule has 0 radical (unpaired) electrons. The van der Waals surface area contributed by atoms with E-state index in [4.69, 9.17) is 17.2 Å². The molecule has 0 aliphatic heterocycles. The van der Waals surface area contributed by atoms with Crippen molar-refractivity contribution in [1.29, 1.82) is 0 Å². The molecule has 6 N–H and O–H groups in total. The number of benzene rings is 1. The van der Waals surface area contributed by atoms with Crippen LogP contribution in [-0.2, 0) is 0 Å². The van der Waals surface area contributed by atoms with Gasteiger partial charge in [0.1, 0.15) is 12.0 Å². The van der Waals surface area contributed by atoms with Crippen LogP contribution in [0.5, 0.6) is 0 Å². The second-order valence-corrected chi connectivity index (χ2v) is 3.12. The summed E-state index contributed by atoms with van der Waals surface area (Å²) in [5.74, 6) is -0.596. The number of primary amides is 1. The number of hydrogen-bond donors (Lipinski definition) is 3. The molecular weight excluding hydrogens is 210 g/mol. The van der Waals surface area contributed by atoms with E-state index in [1.165, 1.54) is 23.1 Å². The van der Waals surface area contributed by atoms with E-state index < -0.39 is 5.91 Å². The molecule has 2 aromatic rings. The summed E-state index contributed by atoms with van der Waals surface area (Å²) in [7, 11) is 0. The van der Waals surface area contributed by atoms with Gasteiger partial charge in [-0.2, -0.15) is 4.68 Å². The van der Waals surface area contributed by atoms with Crippen LogP contribution in [0.3, 0.4) is 0 Å². The molecule has 0 atom stereocenters. The number of carbonyl (C=O) groups excluding carboxylic acids is 1. The molecule has 0 unspecified atom stereocenters. The molecule has 0 saturated carbocycles. The fourth-order valence-electron chi connectivity index (χ4n) is 1.35. The highest BCUT2D eigenvalue weighted by Crippen LogP contribution is 2.24. The topological polar surface area (TPSA) is 139 Å². The Bertz CT molecular complexity index is 510. The summed E-state index contributed by atoms with van der Waals surface area (Å²) in [4.78, 5) is 11.0. The molecule has 1 heterocycles. The van der Waals surface area contributed by atoms with Gasteiger partial charge in [0.2, 0.25) is 5.91 Å². The molecule has 2 rings (SSSR count). The van der Waals surface area contributed by atoms with E-state index in [0.29, 0.717) is 5.69 Å². The summed E-state index contributed by atoms with van der Waals surface area (Å²) in [6, 6.07) is 2.85. The van der Waals surface area contributed by atoms with Crippen molar-refractivity contribution >= 4 is 17.3 Å². The average molecular weight is 219 g/mol. The number of tetrazole rings is 1. The molecule has 0 saturated heterocycles. The van der Waals surface area contributed by atoms with E-state index in [-0.39, 0.29) is 16.9 Å². The van der Waals surface area contributed by atoms with E-state index >= 15 is 0 Å². The minimum atomic E-state index is -0.596. The summed E-state index contributed by atoms with van der Waals surface area (Å²) < 4.78 is 1.31. The van der Waals surface area contributed by atoms with Crippen LogP contribution in [0.2, 0.25) is 0 Å². The van der Waals surface area contributed by atoms with Crippen molar-refractivity contribution in [3.8, 4) is 5.69 Å². The van der Waals surface area contributed by atoms with Gasteiger partial charge < -0.3 is 17.2 Å². The Kier molecular flexibility index (Phi) is 2.16. The number of nitrogens with two attached hydrogens (primary N) is 3. The Morgan fingerprint density at radius 1 is 1.25 bits per heavy atom. The van der Waals surface area contributed by atoms with Crippen molar-refractivity contribution in [1.82, 2.24) is 20.2 Å². The highest BCUT2D eigenvalue weighted by atomic mass is 16.1. The van der Waals surface area contributed by atoms with Gasteiger partial charge in [0.05, 0.1) is 11.4 Å². The molecule has 16 heavy (non-hydrogen) atoms. The van der Waals surface area contributed by atoms with E-state index in [1.807, 2.05) is 0 Å². The SMILES string of the molecule is NC(=O)c1cc(N)c(-n2cnnn2)c(N)c1. The predicted molar refractivity (Wildman–Crippen MR) is 56.5 cm³/mol. The van der Waals surface area contributed by atoms with Crippen molar-refractivity contribution in [2.75, 3.05) is 11.5 Å². The number of nitrogens with zero attached hydrogens (tertiary/aromatic N) is 4. The highest BCUT2D eigenvalue weighted by Gasteiger charge is 2.12. The van der Waals surface area contributed by atoms with E-state index in [1.54, 1.807) is 0 Å². The first-order valence-electron chi connectivity index (χ1n) is 4.31. The van der Waals surface area contributed by atoms with Gasteiger partial charge in [-0.25, -0.2) is 0 Å². The Hall–Kier alpha value is -2.64. The maximum absolute atomic E-state index is 11.0. The van der Waals surface area contributed by atoms with Gasteiger partial charge >= 0.3 is 0 Å². The van der Waals surface area contributed by atoms with Crippen LogP contribution in [0.4, 0.5) is 11.4 Å². The third-order valence-corrected chi connectivity index (χ3v) is 2.03. The zero-order valence-corrected chi connectivity index (χ0v) is 8.16. The van der Waals surface area contributed by atoms with Crippen molar-refractivity contribution in [3.05, 3.63) is 24.0 Å². The molecule has 0 fully saturated rings. The van der Waals surface area contributed by atoms with Crippen LogP contribution >= 0.6 is 0 Å². The monoisotopic (exact) mass is 219 g/mol. The Labute approximate surface area is 90.0 Å². The summed E-state index contributed by atoms with van der Waals surface area (Å²) in [6.07, 6.45) is 1.35. The lowest BCUT2D eigenvalue weighted by atomic mass is 10.1. The third-order valence-electron chi connectivity index (χ3n) is 2.03. The van der Waals surface area contributed by atoms with Gasteiger partial charge in [0.25, 0.3) is 0 Å². The lowest BCUT2D eigenvalue weighted by Crippen LogP contribution is -2.14. The molecule has 0 aliphatic rings. The number of anilines is 2. The van der Waals surface area contributed by atoms with Crippen LogP contribution in [0.25, 0.3) is 5.69 Å². The standard InChI is InChI=1S/C8H9N7O/c9-5-1-4(8(11)16)2-6(10)7(5)15-3-12-13-14-15/h1-3H,9-10H2,(H2,11,16). The molecular formula is C8H9N7O. The fraction of sp³-hybridized carbons (Fsp3) is 0. The van der Waals surface area contributed by atoms with Gasteiger partial charge in [-0.15, -0.1) is 5.10 Å². The maximum Gasteiger partial charge on any atom is 0.248 e. The van der Waals surface area contributed by atoms with Gasteiger partial charge in [0.15, 0.2) is 0 Å². The Morgan fingerprint density at radius 3 is 2.31 bits per heavy atom. The molecule has 82 valence electrons. The van der Waals surface area contributed by atoms with Gasteiger partial charge in [-0.05, 0) is 22.6 Å². The van der Waals surface area contributed by atoms with Crippen LogP contribution in [0.15, 0.2) is 18.5 Å². The first-order chi connectivity index (χ1) is 7.59. The van der Waals surface area contributed by atoms with Crippen molar-refractivity contribution in [3.63, 3.8) is 0 Å². The van der Waals surface area contributed by atoms with Crippen molar-refractivity contribution in [2.24, 2.45) is 5.73 Å². The first kappa shape index (κ1) is 9.90. The van der Waals surface area contributed by atoms with Crippen LogP contribution in [-0.4, -0.2) is 26.1 Å².